The van der Waals surface area contributed by atoms with E-state index < -0.39 is 21.6 Å². The fourth-order valence-electron chi connectivity index (χ4n) is 4.45. The van der Waals surface area contributed by atoms with Gasteiger partial charge in [-0.1, -0.05) is 32.0 Å². The van der Waals surface area contributed by atoms with E-state index in [1.807, 2.05) is 17.0 Å². The summed E-state index contributed by atoms with van der Waals surface area (Å²) in [6, 6.07) is 14.4. The van der Waals surface area contributed by atoms with E-state index in [1.54, 1.807) is 25.1 Å². The van der Waals surface area contributed by atoms with Crippen LogP contribution in [0.2, 0.25) is 0 Å². The average Bonchev–Trinajstić information content (AvgIpc) is 2.90. The van der Waals surface area contributed by atoms with E-state index in [1.165, 1.54) is 18.2 Å². The molecule has 1 aliphatic rings. The second kappa shape index (κ2) is 10.5. The smallest absolute Gasteiger partial charge is 0.352 e. The largest absolute Gasteiger partial charge is 0.417 e. The van der Waals surface area contributed by atoms with Crippen LogP contribution in [0.4, 0.5) is 19.0 Å². The first kappa shape index (κ1) is 26.7. The molecule has 0 spiro atoms. The number of fused-ring (bicyclic) bond motifs is 1. The molecule has 0 unspecified atom stereocenters. The predicted molar refractivity (Wildman–Crippen MR) is 135 cm³/mol. The molecule has 0 radical (unpaired) electrons. The third-order valence-electron chi connectivity index (χ3n) is 6.65. The number of hydrogen-bond acceptors (Lipinski definition) is 5. The van der Waals surface area contributed by atoms with Crippen molar-refractivity contribution in [3.05, 3.63) is 88.6 Å². The highest BCUT2D eigenvalue weighted by atomic mass is 32.2. The SMILES string of the molecule is CC[C@H]1CN(c2ccc(C(F)(F)F)cn2)Cc2cc(C(=O)NCc3ccc(S(=O)(=O)CC)cc3)ccc21. The molecule has 2 aromatic carbocycles. The zero-order valence-electron chi connectivity index (χ0n) is 20.5. The number of hydrogen-bond donors (Lipinski definition) is 1. The summed E-state index contributed by atoms with van der Waals surface area (Å²) in [7, 11) is -3.28. The number of amides is 1. The minimum absolute atomic E-state index is 0.0205. The van der Waals surface area contributed by atoms with E-state index in [4.69, 9.17) is 0 Å². The second-order valence-corrected chi connectivity index (χ2v) is 11.3. The maximum atomic E-state index is 12.9. The van der Waals surface area contributed by atoms with Crippen LogP contribution in [0.3, 0.4) is 0 Å². The number of nitrogens with one attached hydrogen (secondary N) is 1. The minimum atomic E-state index is -4.44. The van der Waals surface area contributed by atoms with E-state index in [0.717, 1.165) is 35.4 Å². The van der Waals surface area contributed by atoms with Gasteiger partial charge in [0.05, 0.1) is 16.2 Å². The molecule has 4 rings (SSSR count). The number of nitrogens with zero attached hydrogens (tertiary/aromatic N) is 2. The van der Waals surface area contributed by atoms with E-state index in [9.17, 15) is 26.4 Å². The van der Waals surface area contributed by atoms with Gasteiger partial charge in [-0.25, -0.2) is 13.4 Å². The fraction of sp³-hybridized carbons (Fsp3) is 0.333. The highest BCUT2D eigenvalue weighted by molar-refractivity contribution is 7.91. The van der Waals surface area contributed by atoms with E-state index in [2.05, 4.69) is 17.2 Å². The molecule has 1 amide bonds. The van der Waals surface area contributed by atoms with Gasteiger partial charge in [0.25, 0.3) is 5.91 Å². The molecule has 1 N–H and O–H groups in total. The van der Waals surface area contributed by atoms with Crippen LogP contribution in [-0.4, -0.2) is 31.6 Å². The van der Waals surface area contributed by atoms with Gasteiger partial charge >= 0.3 is 6.18 Å². The van der Waals surface area contributed by atoms with E-state index in [0.29, 0.717) is 24.5 Å². The van der Waals surface area contributed by atoms with Crippen molar-refractivity contribution in [2.24, 2.45) is 0 Å². The third-order valence-corrected chi connectivity index (χ3v) is 8.41. The summed E-state index contributed by atoms with van der Waals surface area (Å²) in [4.78, 5) is 19.1. The molecule has 0 saturated carbocycles. The Kier molecular flexibility index (Phi) is 7.59. The van der Waals surface area contributed by atoms with Gasteiger partial charge in [-0.3, -0.25) is 4.79 Å². The van der Waals surface area contributed by atoms with Crippen LogP contribution in [-0.2, 0) is 29.1 Å². The lowest BCUT2D eigenvalue weighted by atomic mass is 9.87. The molecular weight excluding hydrogens is 503 g/mol. The fourth-order valence-corrected chi connectivity index (χ4v) is 5.33. The van der Waals surface area contributed by atoms with Crippen LogP contribution in [0.25, 0.3) is 0 Å². The van der Waals surface area contributed by atoms with E-state index in [-0.39, 0.29) is 29.0 Å². The number of sulfone groups is 1. The first-order valence-electron chi connectivity index (χ1n) is 12.0. The number of carbonyl (C=O) groups is 1. The van der Waals surface area contributed by atoms with Gasteiger partial charge in [0, 0.05) is 37.3 Å². The molecule has 1 atom stereocenters. The Morgan fingerprint density at radius 3 is 2.41 bits per heavy atom. The maximum Gasteiger partial charge on any atom is 0.417 e. The molecule has 0 bridgehead atoms. The summed E-state index contributed by atoms with van der Waals surface area (Å²) in [5, 5.41) is 2.86. The number of benzene rings is 2. The average molecular weight is 532 g/mol. The molecule has 37 heavy (non-hydrogen) atoms. The molecule has 0 aliphatic carbocycles. The molecule has 1 aliphatic heterocycles. The first-order valence-corrected chi connectivity index (χ1v) is 13.7. The molecule has 3 aromatic rings. The van der Waals surface area contributed by atoms with Crippen molar-refractivity contribution < 1.29 is 26.4 Å². The zero-order chi connectivity index (χ0) is 26.8. The molecule has 6 nitrogen and oxygen atoms in total. The molecule has 1 aromatic heterocycles. The Balaban J connectivity index is 1.48. The van der Waals surface area contributed by atoms with Crippen molar-refractivity contribution in [2.75, 3.05) is 17.2 Å². The molecule has 10 heteroatoms. The summed E-state index contributed by atoms with van der Waals surface area (Å²) in [6.07, 6.45) is -2.76. The predicted octanol–water partition coefficient (Wildman–Crippen LogP) is 5.34. The van der Waals surface area contributed by atoms with Gasteiger partial charge in [0.15, 0.2) is 9.84 Å². The maximum absolute atomic E-state index is 12.9. The van der Waals surface area contributed by atoms with Crippen LogP contribution < -0.4 is 10.2 Å². The number of pyridine rings is 1. The second-order valence-electron chi connectivity index (χ2n) is 9.03. The molecule has 0 saturated heterocycles. The summed E-state index contributed by atoms with van der Waals surface area (Å²) >= 11 is 0. The summed E-state index contributed by atoms with van der Waals surface area (Å²) in [6.45, 7) is 4.93. The van der Waals surface area contributed by atoms with Crippen molar-refractivity contribution in [3.63, 3.8) is 0 Å². The van der Waals surface area contributed by atoms with Crippen molar-refractivity contribution >= 4 is 21.6 Å². The number of anilines is 1. The van der Waals surface area contributed by atoms with Gasteiger partial charge in [0.1, 0.15) is 5.82 Å². The highest BCUT2D eigenvalue weighted by Crippen LogP contribution is 2.34. The Morgan fingerprint density at radius 1 is 1.08 bits per heavy atom. The van der Waals surface area contributed by atoms with Gasteiger partial charge < -0.3 is 10.2 Å². The van der Waals surface area contributed by atoms with Crippen molar-refractivity contribution in [3.8, 4) is 0 Å². The lowest BCUT2D eigenvalue weighted by Gasteiger charge is -2.35. The number of alkyl halides is 3. The molecular formula is C27H28F3N3O3S. The van der Waals surface area contributed by atoms with Crippen LogP contribution in [0, 0.1) is 0 Å². The monoisotopic (exact) mass is 531 g/mol. The molecule has 196 valence electrons. The van der Waals surface area contributed by atoms with Crippen LogP contribution in [0.1, 0.15) is 58.8 Å². The zero-order valence-corrected chi connectivity index (χ0v) is 21.4. The highest BCUT2D eigenvalue weighted by Gasteiger charge is 2.31. The first-order chi connectivity index (χ1) is 17.5. The number of carbonyl (C=O) groups excluding carboxylic acids is 1. The lowest BCUT2D eigenvalue weighted by molar-refractivity contribution is -0.137. The van der Waals surface area contributed by atoms with Crippen molar-refractivity contribution in [2.45, 2.75) is 50.3 Å². The van der Waals surface area contributed by atoms with Crippen LogP contribution in [0.15, 0.2) is 65.7 Å². The standard InChI is InChI=1S/C27H28F3N3O3S/c1-3-19-16-33(25-12-8-22(15-31-25)27(28,29)30)17-21-13-20(7-11-24(19)21)26(34)32-14-18-5-9-23(10-6-18)37(35,36)4-2/h5-13,15,19H,3-4,14,16-17H2,1-2H3,(H,32,34)/t19-/m0/s1. The Bertz CT molecular complexity index is 1370. The Morgan fingerprint density at radius 2 is 1.81 bits per heavy atom. The van der Waals surface area contributed by atoms with Gasteiger partial charge in [-0.15, -0.1) is 0 Å². The lowest BCUT2D eigenvalue weighted by Crippen LogP contribution is -2.34. The number of rotatable bonds is 7. The minimum Gasteiger partial charge on any atom is -0.352 e. The van der Waals surface area contributed by atoms with Gasteiger partial charge in [-0.2, -0.15) is 13.2 Å². The van der Waals surface area contributed by atoms with Gasteiger partial charge in [-0.05, 0) is 59.5 Å². The number of halogens is 3. The normalized spacial score (nSPS) is 15.8. The Hall–Kier alpha value is -3.40. The summed E-state index contributed by atoms with van der Waals surface area (Å²) in [5.41, 5.74) is 2.51. The van der Waals surface area contributed by atoms with Gasteiger partial charge in [0.2, 0.25) is 0 Å². The van der Waals surface area contributed by atoms with Crippen LogP contribution >= 0.6 is 0 Å². The number of aromatic nitrogens is 1. The summed E-state index contributed by atoms with van der Waals surface area (Å²) in [5.74, 6) is 0.362. The quantitative estimate of drug-likeness (QED) is 0.445. The third kappa shape index (κ3) is 5.95. The topological polar surface area (TPSA) is 79.4 Å². The van der Waals surface area contributed by atoms with E-state index >= 15 is 0 Å². The summed E-state index contributed by atoms with van der Waals surface area (Å²) < 4.78 is 62.7. The Labute approximate surface area is 214 Å². The molecule has 2 heterocycles. The van der Waals surface area contributed by atoms with Crippen molar-refractivity contribution in [1.29, 1.82) is 0 Å². The van der Waals surface area contributed by atoms with Crippen LogP contribution in [0.5, 0.6) is 0 Å². The van der Waals surface area contributed by atoms with Crippen molar-refractivity contribution in [1.82, 2.24) is 10.3 Å². The molecule has 0 fully saturated rings.